The molecule has 1 saturated heterocycles. The average Bonchev–Trinajstić information content (AvgIpc) is 2.39. The maximum atomic E-state index is 5.73. The molecule has 2 rings (SSSR count). The minimum atomic E-state index is 0.520. The first-order valence-electron chi connectivity index (χ1n) is 6.00. The molecular formula is C11H19N5S2. The smallest absolute Gasteiger partial charge is 0.191 e. The van der Waals surface area contributed by atoms with Crippen LogP contribution in [0.25, 0.3) is 0 Å². The predicted octanol–water partition coefficient (Wildman–Crippen LogP) is 1.24. The molecule has 1 aromatic rings. The molecule has 18 heavy (non-hydrogen) atoms. The molecule has 1 aromatic heterocycles. The Morgan fingerprint density at radius 1 is 1.44 bits per heavy atom. The number of thioether (sulfide) groups is 2. The fourth-order valence-electron chi connectivity index (χ4n) is 1.79. The van der Waals surface area contributed by atoms with Gasteiger partial charge in [-0.25, -0.2) is 9.97 Å². The van der Waals surface area contributed by atoms with Crippen LogP contribution in [-0.2, 0) is 0 Å². The van der Waals surface area contributed by atoms with Gasteiger partial charge in [-0.1, -0.05) is 11.8 Å². The fraction of sp³-hybridized carbons (Fsp3) is 0.636. The molecule has 0 saturated carbocycles. The van der Waals surface area contributed by atoms with E-state index in [1.807, 2.05) is 18.0 Å². The molecule has 7 heteroatoms. The van der Waals surface area contributed by atoms with E-state index in [9.17, 15) is 0 Å². The number of anilines is 2. The van der Waals surface area contributed by atoms with Gasteiger partial charge in [0.25, 0.3) is 0 Å². The zero-order valence-electron chi connectivity index (χ0n) is 10.6. The van der Waals surface area contributed by atoms with Gasteiger partial charge in [-0.05, 0) is 6.26 Å². The summed E-state index contributed by atoms with van der Waals surface area (Å²) in [6, 6.07) is 1.78. The van der Waals surface area contributed by atoms with Crippen molar-refractivity contribution in [3.63, 3.8) is 0 Å². The molecule has 5 nitrogen and oxygen atoms in total. The molecule has 0 atom stereocenters. The number of nitrogens with two attached hydrogens (primary N) is 1. The van der Waals surface area contributed by atoms with E-state index in [2.05, 4.69) is 20.2 Å². The monoisotopic (exact) mass is 285 g/mol. The molecule has 1 aliphatic heterocycles. The summed E-state index contributed by atoms with van der Waals surface area (Å²) in [6.07, 6.45) is 1.95. The maximum absolute atomic E-state index is 5.73. The molecule has 0 aromatic carbocycles. The zero-order chi connectivity index (χ0) is 12.8. The number of aromatic nitrogens is 2. The Hall–Kier alpha value is -0.660. The summed E-state index contributed by atoms with van der Waals surface area (Å²) in [5.74, 6) is 3.83. The Labute approximate surface area is 116 Å². The van der Waals surface area contributed by atoms with Crippen molar-refractivity contribution in [3.05, 3.63) is 6.07 Å². The van der Waals surface area contributed by atoms with E-state index in [0.717, 1.165) is 18.9 Å². The van der Waals surface area contributed by atoms with E-state index in [1.54, 1.807) is 6.07 Å². The summed E-state index contributed by atoms with van der Waals surface area (Å²) in [7, 11) is 0. The number of hydrogen-bond donors (Lipinski definition) is 2. The highest BCUT2D eigenvalue weighted by Gasteiger charge is 2.09. The number of rotatable bonds is 5. The minimum Gasteiger partial charge on any atom is -0.383 e. The summed E-state index contributed by atoms with van der Waals surface area (Å²) in [6.45, 7) is 4.33. The van der Waals surface area contributed by atoms with Crippen molar-refractivity contribution in [2.75, 3.05) is 55.0 Å². The van der Waals surface area contributed by atoms with Crippen LogP contribution in [0.4, 0.5) is 11.6 Å². The van der Waals surface area contributed by atoms with Crippen molar-refractivity contribution in [3.8, 4) is 0 Å². The molecular weight excluding hydrogens is 266 g/mol. The molecule has 2 heterocycles. The fourth-order valence-corrected chi connectivity index (χ4v) is 3.16. The van der Waals surface area contributed by atoms with Crippen molar-refractivity contribution in [1.82, 2.24) is 14.9 Å². The van der Waals surface area contributed by atoms with Crippen LogP contribution < -0.4 is 11.1 Å². The van der Waals surface area contributed by atoms with E-state index >= 15 is 0 Å². The Bertz CT molecular complexity index is 382. The van der Waals surface area contributed by atoms with Gasteiger partial charge in [0.05, 0.1) is 0 Å². The van der Waals surface area contributed by atoms with Crippen LogP contribution in [0.3, 0.4) is 0 Å². The second-order valence-corrected chi connectivity index (χ2v) is 6.04. The summed E-state index contributed by atoms with van der Waals surface area (Å²) in [5, 5.41) is 4.03. The summed E-state index contributed by atoms with van der Waals surface area (Å²) < 4.78 is 0. The van der Waals surface area contributed by atoms with Gasteiger partial charge in [-0.2, -0.15) is 11.8 Å². The van der Waals surface area contributed by atoms with Gasteiger partial charge < -0.3 is 11.1 Å². The second kappa shape index (κ2) is 7.06. The molecule has 3 N–H and O–H groups in total. The van der Waals surface area contributed by atoms with Crippen LogP contribution in [-0.4, -0.2) is 58.8 Å². The highest BCUT2D eigenvalue weighted by atomic mass is 32.2. The lowest BCUT2D eigenvalue weighted by Crippen LogP contribution is -2.36. The lowest BCUT2D eigenvalue weighted by Gasteiger charge is -2.26. The van der Waals surface area contributed by atoms with Crippen LogP contribution in [0.5, 0.6) is 0 Å². The molecule has 1 fully saturated rings. The molecule has 1 aliphatic rings. The molecule has 0 unspecified atom stereocenters. The summed E-state index contributed by atoms with van der Waals surface area (Å²) in [4.78, 5) is 11.0. The van der Waals surface area contributed by atoms with Crippen molar-refractivity contribution in [2.45, 2.75) is 5.16 Å². The molecule has 0 aliphatic carbocycles. The molecule has 0 amide bonds. The number of nitrogens with one attached hydrogen (secondary N) is 1. The lowest BCUT2D eigenvalue weighted by molar-refractivity contribution is 0.314. The average molecular weight is 285 g/mol. The minimum absolute atomic E-state index is 0.520. The summed E-state index contributed by atoms with van der Waals surface area (Å²) >= 11 is 3.54. The number of hydrogen-bond acceptors (Lipinski definition) is 7. The number of nitrogens with zero attached hydrogens (tertiary/aromatic N) is 3. The second-order valence-electron chi connectivity index (χ2n) is 4.05. The third-order valence-electron chi connectivity index (χ3n) is 2.75. The van der Waals surface area contributed by atoms with Gasteiger partial charge in [0, 0.05) is 43.8 Å². The number of nitrogen functional groups attached to an aromatic ring is 1. The van der Waals surface area contributed by atoms with Gasteiger partial charge in [-0.15, -0.1) is 0 Å². The Balaban J connectivity index is 1.80. The van der Waals surface area contributed by atoms with E-state index in [1.165, 1.54) is 36.4 Å². The molecule has 0 spiro atoms. The van der Waals surface area contributed by atoms with Crippen LogP contribution in [0.1, 0.15) is 0 Å². The van der Waals surface area contributed by atoms with Crippen molar-refractivity contribution in [2.24, 2.45) is 0 Å². The first-order valence-corrected chi connectivity index (χ1v) is 8.38. The topological polar surface area (TPSA) is 67.1 Å². The van der Waals surface area contributed by atoms with E-state index < -0.39 is 0 Å². The standard InChI is InChI=1S/C11H19N5S2/c1-17-11-14-9(12)8-10(15-11)13-2-3-16-4-6-18-7-5-16/h8H,2-7H2,1H3,(H3,12,13,14,15). The van der Waals surface area contributed by atoms with Gasteiger partial charge >= 0.3 is 0 Å². The Kier molecular flexibility index (Phi) is 5.40. The maximum Gasteiger partial charge on any atom is 0.191 e. The van der Waals surface area contributed by atoms with Gasteiger partial charge in [0.1, 0.15) is 11.6 Å². The van der Waals surface area contributed by atoms with E-state index in [4.69, 9.17) is 5.73 Å². The van der Waals surface area contributed by atoms with Gasteiger partial charge in [0.2, 0.25) is 0 Å². The highest BCUT2D eigenvalue weighted by Crippen LogP contribution is 2.15. The van der Waals surface area contributed by atoms with Crippen LogP contribution in [0, 0.1) is 0 Å². The third kappa shape index (κ3) is 4.22. The first-order chi connectivity index (χ1) is 8.78. The molecule has 0 radical (unpaired) electrons. The first kappa shape index (κ1) is 13.8. The summed E-state index contributed by atoms with van der Waals surface area (Å²) in [5.41, 5.74) is 5.73. The van der Waals surface area contributed by atoms with Crippen LogP contribution in [0.15, 0.2) is 11.2 Å². The quantitative estimate of drug-likeness (QED) is 0.623. The van der Waals surface area contributed by atoms with E-state index in [0.29, 0.717) is 11.0 Å². The SMILES string of the molecule is CSc1nc(N)cc(NCCN2CCSCC2)n1. The van der Waals surface area contributed by atoms with Crippen molar-refractivity contribution < 1.29 is 0 Å². The highest BCUT2D eigenvalue weighted by molar-refractivity contribution is 7.99. The third-order valence-corrected chi connectivity index (χ3v) is 4.24. The zero-order valence-corrected chi connectivity index (χ0v) is 12.2. The lowest BCUT2D eigenvalue weighted by atomic mass is 10.4. The van der Waals surface area contributed by atoms with E-state index in [-0.39, 0.29) is 0 Å². The Morgan fingerprint density at radius 3 is 2.94 bits per heavy atom. The predicted molar refractivity (Wildman–Crippen MR) is 80.5 cm³/mol. The van der Waals surface area contributed by atoms with Crippen molar-refractivity contribution >= 4 is 35.2 Å². The van der Waals surface area contributed by atoms with Gasteiger partial charge in [0.15, 0.2) is 5.16 Å². The van der Waals surface area contributed by atoms with Gasteiger partial charge in [-0.3, -0.25) is 4.90 Å². The molecule has 100 valence electrons. The van der Waals surface area contributed by atoms with Crippen LogP contribution >= 0.6 is 23.5 Å². The normalized spacial score (nSPS) is 16.7. The molecule has 0 bridgehead atoms. The Morgan fingerprint density at radius 2 is 2.22 bits per heavy atom. The van der Waals surface area contributed by atoms with Crippen molar-refractivity contribution in [1.29, 1.82) is 0 Å². The largest absolute Gasteiger partial charge is 0.383 e. The van der Waals surface area contributed by atoms with Crippen LogP contribution in [0.2, 0.25) is 0 Å².